The predicted molar refractivity (Wildman–Crippen MR) is 126 cm³/mol. The van der Waals surface area contributed by atoms with Crippen LogP contribution in [-0.4, -0.2) is 34.0 Å². The normalized spacial score (nSPS) is 12.3. The topological polar surface area (TPSA) is 49.4 Å². The average Bonchev–Trinajstić information content (AvgIpc) is 2.66. The number of benzene rings is 2. The number of thioether (sulfide) groups is 1. The lowest BCUT2D eigenvalue weighted by Crippen LogP contribution is -2.53. The molecule has 0 unspecified atom stereocenters. The first-order chi connectivity index (χ1) is 14.1. The summed E-state index contributed by atoms with van der Waals surface area (Å²) in [5.41, 5.74) is 3.02. The maximum absolute atomic E-state index is 13.3. The summed E-state index contributed by atoms with van der Waals surface area (Å²) in [4.78, 5) is 29.0. The zero-order valence-corrected chi connectivity index (χ0v) is 19.8. The van der Waals surface area contributed by atoms with Gasteiger partial charge < -0.3 is 10.2 Å². The standard InChI is InChI=1S/C25H34N2O2S/c1-7-22(24(29)26-25(4,5)6)27(16-20-10-8-9-19(3)15-20)23(28)17-30-21-13-11-18(2)12-14-21/h8-15,22H,7,16-17H2,1-6H3,(H,26,29)/t22-/m1/s1. The van der Waals surface area contributed by atoms with Gasteiger partial charge in [0.25, 0.3) is 0 Å². The fourth-order valence-corrected chi connectivity index (χ4v) is 4.03. The van der Waals surface area contributed by atoms with Crippen LogP contribution in [0.3, 0.4) is 0 Å². The van der Waals surface area contributed by atoms with Crippen molar-refractivity contribution in [2.75, 3.05) is 5.75 Å². The van der Waals surface area contributed by atoms with Crippen molar-refractivity contribution in [2.24, 2.45) is 0 Å². The molecule has 0 heterocycles. The van der Waals surface area contributed by atoms with Crippen LogP contribution in [0.4, 0.5) is 0 Å². The molecule has 0 aliphatic rings. The summed E-state index contributed by atoms with van der Waals surface area (Å²) >= 11 is 1.51. The summed E-state index contributed by atoms with van der Waals surface area (Å²) in [6.07, 6.45) is 0.564. The Morgan fingerprint density at radius 3 is 2.27 bits per heavy atom. The number of carbonyl (C=O) groups is 2. The Balaban J connectivity index is 2.22. The van der Waals surface area contributed by atoms with Gasteiger partial charge in [0.2, 0.25) is 11.8 Å². The maximum Gasteiger partial charge on any atom is 0.243 e. The van der Waals surface area contributed by atoms with Crippen molar-refractivity contribution in [3.63, 3.8) is 0 Å². The van der Waals surface area contributed by atoms with E-state index in [0.29, 0.717) is 18.7 Å². The molecule has 0 saturated carbocycles. The lowest BCUT2D eigenvalue weighted by atomic mass is 10.1. The number of rotatable bonds is 8. The van der Waals surface area contributed by atoms with E-state index in [1.165, 1.54) is 17.3 Å². The molecule has 0 aliphatic carbocycles. The van der Waals surface area contributed by atoms with Gasteiger partial charge in [-0.1, -0.05) is 54.4 Å². The highest BCUT2D eigenvalue weighted by atomic mass is 32.2. The molecule has 1 N–H and O–H groups in total. The third-order valence-electron chi connectivity index (χ3n) is 4.70. The Kier molecular flexibility index (Phi) is 8.54. The first-order valence-corrected chi connectivity index (χ1v) is 11.4. The highest BCUT2D eigenvalue weighted by Gasteiger charge is 2.30. The van der Waals surface area contributed by atoms with Gasteiger partial charge in [0, 0.05) is 17.0 Å². The Hall–Kier alpha value is -2.27. The molecule has 0 saturated heterocycles. The lowest BCUT2D eigenvalue weighted by molar-refractivity contribution is -0.140. The summed E-state index contributed by atoms with van der Waals surface area (Å²) < 4.78 is 0. The van der Waals surface area contributed by atoms with Crippen molar-refractivity contribution >= 4 is 23.6 Å². The van der Waals surface area contributed by atoms with Crippen LogP contribution in [-0.2, 0) is 16.1 Å². The summed E-state index contributed by atoms with van der Waals surface area (Å²) in [5, 5.41) is 3.04. The highest BCUT2D eigenvalue weighted by Crippen LogP contribution is 2.21. The van der Waals surface area contributed by atoms with E-state index in [-0.39, 0.29) is 17.4 Å². The van der Waals surface area contributed by atoms with Gasteiger partial charge in [0.05, 0.1) is 5.75 Å². The average molecular weight is 427 g/mol. The zero-order chi connectivity index (χ0) is 22.3. The van der Waals surface area contributed by atoms with Gasteiger partial charge >= 0.3 is 0 Å². The van der Waals surface area contributed by atoms with Crippen LogP contribution in [0.15, 0.2) is 53.4 Å². The van der Waals surface area contributed by atoms with Crippen LogP contribution >= 0.6 is 11.8 Å². The Morgan fingerprint density at radius 2 is 1.70 bits per heavy atom. The minimum Gasteiger partial charge on any atom is -0.350 e. The molecule has 2 aromatic carbocycles. The molecule has 0 bridgehead atoms. The summed E-state index contributed by atoms with van der Waals surface area (Å²) in [7, 11) is 0. The zero-order valence-electron chi connectivity index (χ0n) is 19.0. The molecule has 162 valence electrons. The largest absolute Gasteiger partial charge is 0.350 e. The van der Waals surface area contributed by atoms with E-state index < -0.39 is 6.04 Å². The van der Waals surface area contributed by atoms with Crippen LogP contribution in [0.1, 0.15) is 50.8 Å². The third-order valence-corrected chi connectivity index (χ3v) is 5.70. The number of hydrogen-bond donors (Lipinski definition) is 1. The fraction of sp³-hybridized carbons (Fsp3) is 0.440. The smallest absolute Gasteiger partial charge is 0.243 e. The summed E-state index contributed by atoms with van der Waals surface area (Å²) in [6, 6.07) is 15.7. The molecule has 2 amide bonds. The number of nitrogens with one attached hydrogen (secondary N) is 1. The van der Waals surface area contributed by atoms with Crippen molar-refractivity contribution in [3.05, 3.63) is 65.2 Å². The molecule has 0 aliphatic heterocycles. The number of hydrogen-bond acceptors (Lipinski definition) is 3. The molecule has 4 nitrogen and oxygen atoms in total. The Bertz CT molecular complexity index is 856. The second kappa shape index (κ2) is 10.7. The van der Waals surface area contributed by atoms with E-state index in [2.05, 4.69) is 11.4 Å². The molecule has 1 atom stereocenters. The molecule has 0 radical (unpaired) electrons. The van der Waals surface area contributed by atoms with E-state index in [0.717, 1.165) is 16.0 Å². The van der Waals surface area contributed by atoms with E-state index in [1.54, 1.807) is 4.90 Å². The van der Waals surface area contributed by atoms with Gasteiger partial charge in [-0.05, 0) is 58.7 Å². The Morgan fingerprint density at radius 1 is 1.03 bits per heavy atom. The van der Waals surface area contributed by atoms with Crippen LogP contribution in [0.5, 0.6) is 0 Å². The molecule has 30 heavy (non-hydrogen) atoms. The van der Waals surface area contributed by atoms with Gasteiger partial charge in [-0.25, -0.2) is 0 Å². The van der Waals surface area contributed by atoms with Crippen LogP contribution in [0.2, 0.25) is 0 Å². The third kappa shape index (κ3) is 7.52. The van der Waals surface area contributed by atoms with Gasteiger partial charge in [-0.3, -0.25) is 9.59 Å². The molecule has 0 spiro atoms. The first kappa shape index (κ1) is 24.0. The van der Waals surface area contributed by atoms with Gasteiger partial charge in [-0.15, -0.1) is 11.8 Å². The second-order valence-corrected chi connectivity index (χ2v) is 9.82. The minimum atomic E-state index is -0.504. The van der Waals surface area contributed by atoms with Crippen LogP contribution in [0.25, 0.3) is 0 Å². The highest BCUT2D eigenvalue weighted by molar-refractivity contribution is 8.00. The van der Waals surface area contributed by atoms with Crippen molar-refractivity contribution in [2.45, 2.75) is 71.0 Å². The number of amides is 2. The summed E-state index contributed by atoms with van der Waals surface area (Å²) in [6.45, 7) is 12.3. The van der Waals surface area contributed by atoms with Gasteiger partial charge in [0.1, 0.15) is 6.04 Å². The minimum absolute atomic E-state index is 0.0296. The van der Waals surface area contributed by atoms with Crippen molar-refractivity contribution in [1.82, 2.24) is 10.2 Å². The van der Waals surface area contributed by atoms with Crippen LogP contribution < -0.4 is 5.32 Å². The van der Waals surface area contributed by atoms with Crippen molar-refractivity contribution in [1.29, 1.82) is 0 Å². The molecule has 5 heteroatoms. The van der Waals surface area contributed by atoms with E-state index in [9.17, 15) is 9.59 Å². The lowest BCUT2D eigenvalue weighted by Gasteiger charge is -2.33. The summed E-state index contributed by atoms with van der Waals surface area (Å²) in [5.74, 6) is 0.165. The quantitative estimate of drug-likeness (QED) is 0.596. The van der Waals surface area contributed by atoms with Crippen molar-refractivity contribution < 1.29 is 9.59 Å². The van der Waals surface area contributed by atoms with Crippen LogP contribution in [0, 0.1) is 13.8 Å². The molecule has 0 aromatic heterocycles. The molecule has 2 aromatic rings. The van der Waals surface area contributed by atoms with E-state index in [1.807, 2.05) is 84.0 Å². The number of nitrogens with zero attached hydrogens (tertiary/aromatic N) is 1. The number of aryl methyl sites for hydroxylation is 2. The van der Waals surface area contributed by atoms with Gasteiger partial charge in [0.15, 0.2) is 0 Å². The molecule has 2 rings (SSSR count). The maximum atomic E-state index is 13.3. The van der Waals surface area contributed by atoms with E-state index >= 15 is 0 Å². The predicted octanol–water partition coefficient (Wildman–Crippen LogP) is 5.12. The SMILES string of the molecule is CC[C@H](C(=O)NC(C)(C)C)N(Cc1cccc(C)c1)C(=O)CSc1ccc(C)cc1. The first-order valence-electron chi connectivity index (χ1n) is 10.5. The fourth-order valence-electron chi connectivity index (χ4n) is 3.24. The molecular weight excluding hydrogens is 392 g/mol. The molecule has 0 fully saturated rings. The molecular formula is C25H34N2O2S. The Labute approximate surface area is 185 Å². The van der Waals surface area contributed by atoms with E-state index in [4.69, 9.17) is 0 Å². The van der Waals surface area contributed by atoms with Crippen molar-refractivity contribution in [3.8, 4) is 0 Å². The monoisotopic (exact) mass is 426 g/mol. The van der Waals surface area contributed by atoms with Gasteiger partial charge in [-0.2, -0.15) is 0 Å². The second-order valence-electron chi connectivity index (χ2n) is 8.78. The number of carbonyl (C=O) groups excluding carboxylic acids is 2.